The lowest BCUT2D eigenvalue weighted by Gasteiger charge is -2.19. The molecule has 2 aromatic carbocycles. The number of thiazole rings is 1. The quantitative estimate of drug-likeness (QED) is 0.619. The van der Waals surface area contributed by atoms with Crippen molar-refractivity contribution in [1.82, 2.24) is 4.57 Å². The van der Waals surface area contributed by atoms with Crippen molar-refractivity contribution < 1.29 is 0 Å². The first-order valence-corrected chi connectivity index (χ1v) is 9.11. The van der Waals surface area contributed by atoms with Crippen LogP contribution in [0.3, 0.4) is 0 Å². The summed E-state index contributed by atoms with van der Waals surface area (Å²) in [6.07, 6.45) is 4.05. The summed E-state index contributed by atoms with van der Waals surface area (Å²) >= 11 is 1.81. The van der Waals surface area contributed by atoms with Crippen molar-refractivity contribution in [2.24, 2.45) is 4.99 Å². The second-order valence-electron chi connectivity index (χ2n) is 6.11. The zero-order valence-corrected chi connectivity index (χ0v) is 14.6. The van der Waals surface area contributed by atoms with Crippen LogP contribution in [0.5, 0.6) is 0 Å². The maximum absolute atomic E-state index is 4.76. The Morgan fingerprint density at radius 2 is 1.92 bits per heavy atom. The van der Waals surface area contributed by atoms with Crippen LogP contribution >= 0.6 is 11.3 Å². The first-order valence-electron chi connectivity index (χ1n) is 8.29. The van der Waals surface area contributed by atoms with E-state index >= 15 is 0 Å². The van der Waals surface area contributed by atoms with E-state index in [-0.39, 0.29) is 0 Å². The van der Waals surface area contributed by atoms with Crippen LogP contribution in [0.1, 0.15) is 16.0 Å². The van der Waals surface area contributed by atoms with E-state index in [1.165, 1.54) is 32.9 Å². The Bertz CT molecular complexity index is 958. The van der Waals surface area contributed by atoms with Crippen LogP contribution in [0.2, 0.25) is 0 Å². The number of hydrogen-bond donors (Lipinski definition) is 0. The molecule has 3 aromatic rings. The van der Waals surface area contributed by atoms with E-state index in [0.717, 1.165) is 17.6 Å². The van der Waals surface area contributed by atoms with Crippen molar-refractivity contribution >= 4 is 11.3 Å². The maximum Gasteiger partial charge on any atom is 0.190 e. The molecule has 1 heterocycles. The molecule has 0 aliphatic heterocycles. The molecule has 120 valence electrons. The third-order valence-electron chi connectivity index (χ3n) is 4.44. The number of fused-ring (bicyclic) bond motifs is 3. The number of aromatic nitrogens is 1. The van der Waals surface area contributed by atoms with Crippen molar-refractivity contribution in [2.45, 2.75) is 19.8 Å². The van der Waals surface area contributed by atoms with Gasteiger partial charge in [0.1, 0.15) is 0 Å². The highest BCUT2D eigenvalue weighted by Gasteiger charge is 2.22. The molecule has 1 aliphatic rings. The summed E-state index contributed by atoms with van der Waals surface area (Å²) in [6.45, 7) is 6.58. The molecule has 0 saturated heterocycles. The molecule has 24 heavy (non-hydrogen) atoms. The Balaban J connectivity index is 2.02. The lowest BCUT2D eigenvalue weighted by molar-refractivity contribution is 0.915. The predicted octanol–water partition coefficient (Wildman–Crippen LogP) is 4.70. The Labute approximate surface area is 146 Å². The van der Waals surface area contributed by atoms with E-state index in [9.17, 15) is 0 Å². The fourth-order valence-electron chi connectivity index (χ4n) is 3.26. The summed E-state index contributed by atoms with van der Waals surface area (Å²) in [4.78, 5) is 7.25. The average Bonchev–Trinajstić information content (AvgIpc) is 2.99. The van der Waals surface area contributed by atoms with Gasteiger partial charge in [-0.25, -0.2) is 0 Å². The van der Waals surface area contributed by atoms with Gasteiger partial charge >= 0.3 is 0 Å². The van der Waals surface area contributed by atoms with Gasteiger partial charge in [-0.05, 0) is 37.5 Å². The Hall–Kier alpha value is -2.39. The van der Waals surface area contributed by atoms with E-state index < -0.39 is 0 Å². The average molecular weight is 332 g/mol. The van der Waals surface area contributed by atoms with Crippen molar-refractivity contribution in [2.75, 3.05) is 6.54 Å². The van der Waals surface area contributed by atoms with Crippen molar-refractivity contribution in [3.63, 3.8) is 0 Å². The molecule has 0 saturated carbocycles. The molecule has 0 bridgehead atoms. The molecule has 0 N–H and O–H groups in total. The number of rotatable bonds is 3. The first-order chi connectivity index (χ1) is 11.8. The summed E-state index contributed by atoms with van der Waals surface area (Å²) in [6, 6.07) is 17.5. The largest absolute Gasteiger partial charge is 0.285 e. The minimum Gasteiger partial charge on any atom is -0.285 e. The molecule has 0 spiro atoms. The van der Waals surface area contributed by atoms with Gasteiger partial charge in [0, 0.05) is 16.1 Å². The summed E-state index contributed by atoms with van der Waals surface area (Å²) in [7, 11) is 0. The fourth-order valence-corrected chi connectivity index (χ4v) is 4.41. The van der Waals surface area contributed by atoms with Gasteiger partial charge in [-0.3, -0.25) is 9.56 Å². The van der Waals surface area contributed by atoms with Crippen LogP contribution < -0.4 is 4.80 Å². The lowest BCUT2D eigenvalue weighted by atomic mass is 9.93. The van der Waals surface area contributed by atoms with E-state index in [1.807, 2.05) is 17.4 Å². The standard InChI is InChI=1S/C21H20N2S/c1-3-14-22-21-23(17-11-8-15(2)9-12-17)20-18-7-5-4-6-16(18)10-13-19(20)24-21/h3-9,11-12H,1,10,13-14H2,2H3. The SMILES string of the molecule is C=CCN=c1sc2c(n1-c1ccc(C)cc1)-c1ccccc1CC2. The second kappa shape index (κ2) is 6.25. The van der Waals surface area contributed by atoms with Crippen LogP contribution in [0.25, 0.3) is 16.9 Å². The number of benzene rings is 2. The molecular formula is C21H20N2S. The minimum absolute atomic E-state index is 0.646. The summed E-state index contributed by atoms with van der Waals surface area (Å²) < 4.78 is 2.32. The summed E-state index contributed by atoms with van der Waals surface area (Å²) in [5, 5.41) is 0. The molecule has 0 fully saturated rings. The minimum atomic E-state index is 0.646. The van der Waals surface area contributed by atoms with E-state index in [0.29, 0.717) is 6.54 Å². The number of aryl methyl sites for hydroxylation is 3. The third kappa shape index (κ3) is 2.55. The molecular weight excluding hydrogens is 312 g/mol. The molecule has 0 atom stereocenters. The highest BCUT2D eigenvalue weighted by atomic mass is 32.1. The van der Waals surface area contributed by atoms with Gasteiger partial charge in [0.25, 0.3) is 0 Å². The third-order valence-corrected chi connectivity index (χ3v) is 5.57. The molecule has 0 unspecified atom stereocenters. The summed E-state index contributed by atoms with van der Waals surface area (Å²) in [5.41, 5.74) is 6.54. The van der Waals surface area contributed by atoms with Gasteiger partial charge in [-0.2, -0.15) is 0 Å². The molecule has 1 aliphatic carbocycles. The van der Waals surface area contributed by atoms with Crippen LogP contribution in [0, 0.1) is 6.92 Å². The van der Waals surface area contributed by atoms with Gasteiger partial charge < -0.3 is 0 Å². The van der Waals surface area contributed by atoms with Gasteiger partial charge in [0.05, 0.1) is 12.2 Å². The predicted molar refractivity (Wildman–Crippen MR) is 102 cm³/mol. The fraction of sp³-hybridized carbons (Fsp3) is 0.190. The van der Waals surface area contributed by atoms with Crippen molar-refractivity contribution in [1.29, 1.82) is 0 Å². The van der Waals surface area contributed by atoms with E-state index in [4.69, 9.17) is 4.99 Å². The topological polar surface area (TPSA) is 17.3 Å². The van der Waals surface area contributed by atoms with Crippen molar-refractivity contribution in [3.8, 4) is 16.9 Å². The second-order valence-corrected chi connectivity index (χ2v) is 7.18. The van der Waals surface area contributed by atoms with Gasteiger partial charge in [0.15, 0.2) is 4.80 Å². The highest BCUT2D eigenvalue weighted by Crippen LogP contribution is 2.36. The first kappa shape index (κ1) is 15.2. The maximum atomic E-state index is 4.76. The van der Waals surface area contributed by atoms with Gasteiger partial charge in [-0.1, -0.05) is 48.0 Å². The van der Waals surface area contributed by atoms with Crippen LogP contribution in [0.4, 0.5) is 0 Å². The number of hydrogen-bond acceptors (Lipinski definition) is 2. The molecule has 0 amide bonds. The van der Waals surface area contributed by atoms with E-state index in [1.54, 1.807) is 0 Å². The highest BCUT2D eigenvalue weighted by molar-refractivity contribution is 7.09. The Kier molecular flexibility index (Phi) is 3.95. The molecule has 2 nitrogen and oxygen atoms in total. The molecule has 0 radical (unpaired) electrons. The molecule has 1 aromatic heterocycles. The Morgan fingerprint density at radius 1 is 1.12 bits per heavy atom. The summed E-state index contributed by atoms with van der Waals surface area (Å²) in [5.74, 6) is 0. The Morgan fingerprint density at radius 3 is 2.71 bits per heavy atom. The van der Waals surface area contributed by atoms with Gasteiger partial charge in [-0.15, -0.1) is 17.9 Å². The normalized spacial score (nSPS) is 13.5. The molecule has 3 heteroatoms. The van der Waals surface area contributed by atoms with Crippen LogP contribution in [-0.4, -0.2) is 11.1 Å². The molecule has 4 rings (SSSR count). The monoisotopic (exact) mass is 332 g/mol. The van der Waals surface area contributed by atoms with Crippen LogP contribution in [0.15, 0.2) is 66.2 Å². The van der Waals surface area contributed by atoms with Crippen molar-refractivity contribution in [3.05, 3.63) is 82.0 Å². The van der Waals surface area contributed by atoms with E-state index in [2.05, 4.69) is 66.6 Å². The lowest BCUT2D eigenvalue weighted by Crippen LogP contribution is -2.15. The zero-order chi connectivity index (χ0) is 16.5. The number of nitrogens with zero attached hydrogens (tertiary/aromatic N) is 2. The smallest absolute Gasteiger partial charge is 0.190 e. The zero-order valence-electron chi connectivity index (χ0n) is 13.8. The van der Waals surface area contributed by atoms with Crippen LogP contribution in [-0.2, 0) is 12.8 Å². The van der Waals surface area contributed by atoms with Gasteiger partial charge in [0.2, 0.25) is 0 Å².